The van der Waals surface area contributed by atoms with Gasteiger partial charge in [-0.25, -0.2) is 8.42 Å². The Morgan fingerprint density at radius 1 is 1.23 bits per heavy atom. The molecule has 2 rings (SSSR count). The number of alkyl halides is 3. The lowest BCUT2D eigenvalue weighted by Crippen LogP contribution is -2.46. The Morgan fingerprint density at radius 2 is 1.85 bits per heavy atom. The lowest BCUT2D eigenvalue weighted by Gasteiger charge is -2.27. The molecule has 0 radical (unpaired) electrons. The fourth-order valence-corrected chi connectivity index (χ4v) is 4.56. The van der Waals surface area contributed by atoms with Gasteiger partial charge in [0.1, 0.15) is 0 Å². The van der Waals surface area contributed by atoms with Crippen molar-refractivity contribution in [2.45, 2.75) is 25.6 Å². The van der Waals surface area contributed by atoms with Crippen LogP contribution in [0.2, 0.25) is 0 Å². The second-order valence-electron chi connectivity index (χ2n) is 5.99. The number of sulfone groups is 1. The van der Waals surface area contributed by atoms with Crippen molar-refractivity contribution >= 4 is 21.7 Å². The second kappa shape index (κ2) is 7.65. The van der Waals surface area contributed by atoms with Gasteiger partial charge in [-0.05, 0) is 37.6 Å². The highest BCUT2D eigenvalue weighted by atomic mass is 32.2. The van der Waals surface area contributed by atoms with Crippen LogP contribution in [0.15, 0.2) is 24.3 Å². The molecule has 1 atom stereocenters. The molecule has 1 unspecified atom stereocenters. The van der Waals surface area contributed by atoms with Crippen LogP contribution in [-0.4, -0.2) is 55.8 Å². The van der Waals surface area contributed by atoms with Gasteiger partial charge in [-0.15, -0.1) is 0 Å². The molecule has 0 spiro atoms. The van der Waals surface area contributed by atoms with Gasteiger partial charge in [-0.1, -0.05) is 0 Å². The maximum atomic E-state index is 12.5. The summed E-state index contributed by atoms with van der Waals surface area (Å²) in [7, 11) is -3.15. The molecule has 0 aromatic heterocycles. The Kier molecular flexibility index (Phi) is 5.94. The SMILES string of the molecule is CCN(C(=O)CNC(=O)c1ccc(C(F)(F)F)cc1)C1CCS(=O)(=O)C1. The predicted molar refractivity (Wildman–Crippen MR) is 88.2 cm³/mol. The van der Waals surface area contributed by atoms with E-state index in [9.17, 15) is 31.2 Å². The molecule has 1 aromatic rings. The zero-order chi connectivity index (χ0) is 19.5. The first-order valence-electron chi connectivity index (χ1n) is 7.99. The molecule has 10 heteroatoms. The Morgan fingerprint density at radius 3 is 2.31 bits per heavy atom. The number of carbonyl (C=O) groups excluding carboxylic acids is 2. The van der Waals surface area contributed by atoms with Crippen LogP contribution in [0.5, 0.6) is 0 Å². The Balaban J connectivity index is 1.94. The van der Waals surface area contributed by atoms with Crippen LogP contribution >= 0.6 is 0 Å². The molecule has 1 fully saturated rings. The number of halogens is 3. The third-order valence-corrected chi connectivity index (χ3v) is 5.94. The molecule has 1 saturated heterocycles. The lowest BCUT2D eigenvalue weighted by atomic mass is 10.1. The summed E-state index contributed by atoms with van der Waals surface area (Å²) in [6.07, 6.45) is -4.14. The van der Waals surface area contributed by atoms with Gasteiger partial charge in [0.15, 0.2) is 9.84 Å². The van der Waals surface area contributed by atoms with Crippen molar-refractivity contribution in [3.8, 4) is 0 Å². The monoisotopic (exact) mass is 392 g/mol. The number of likely N-dealkylation sites (N-methyl/N-ethyl adjacent to an activating group) is 1. The maximum Gasteiger partial charge on any atom is 0.416 e. The number of nitrogens with zero attached hydrogens (tertiary/aromatic N) is 1. The number of nitrogens with one attached hydrogen (secondary N) is 1. The van der Waals surface area contributed by atoms with E-state index in [0.29, 0.717) is 13.0 Å². The summed E-state index contributed by atoms with van der Waals surface area (Å²) in [5, 5.41) is 2.36. The lowest BCUT2D eigenvalue weighted by molar-refractivity contribution is -0.137. The third-order valence-electron chi connectivity index (χ3n) is 4.18. The van der Waals surface area contributed by atoms with E-state index in [4.69, 9.17) is 0 Å². The van der Waals surface area contributed by atoms with Crippen molar-refractivity contribution in [2.75, 3.05) is 24.6 Å². The number of hydrogen-bond donors (Lipinski definition) is 1. The zero-order valence-electron chi connectivity index (χ0n) is 14.0. The number of carbonyl (C=O) groups is 2. The topological polar surface area (TPSA) is 83.6 Å². The van der Waals surface area contributed by atoms with E-state index in [-0.39, 0.29) is 23.6 Å². The predicted octanol–water partition coefficient (Wildman–Crippen LogP) is 1.47. The minimum atomic E-state index is -4.49. The molecule has 0 bridgehead atoms. The van der Waals surface area contributed by atoms with E-state index in [0.717, 1.165) is 24.3 Å². The quantitative estimate of drug-likeness (QED) is 0.823. The van der Waals surface area contributed by atoms with Gasteiger partial charge in [0.25, 0.3) is 5.91 Å². The molecule has 1 aliphatic heterocycles. The number of benzene rings is 1. The van der Waals surface area contributed by atoms with Gasteiger partial charge in [-0.2, -0.15) is 13.2 Å². The van der Waals surface area contributed by atoms with Crippen LogP contribution in [-0.2, 0) is 20.8 Å². The molecule has 144 valence electrons. The third kappa shape index (κ3) is 4.96. The van der Waals surface area contributed by atoms with E-state index >= 15 is 0 Å². The highest BCUT2D eigenvalue weighted by Gasteiger charge is 2.34. The van der Waals surface area contributed by atoms with E-state index in [1.54, 1.807) is 6.92 Å². The van der Waals surface area contributed by atoms with Crippen LogP contribution in [0.3, 0.4) is 0 Å². The first kappa shape index (κ1) is 20.2. The first-order chi connectivity index (χ1) is 12.0. The van der Waals surface area contributed by atoms with Crippen LogP contribution in [0.4, 0.5) is 13.2 Å². The van der Waals surface area contributed by atoms with Gasteiger partial charge in [-0.3, -0.25) is 9.59 Å². The summed E-state index contributed by atoms with van der Waals surface area (Å²) < 4.78 is 60.6. The second-order valence-corrected chi connectivity index (χ2v) is 8.22. The van der Waals surface area contributed by atoms with Crippen LogP contribution < -0.4 is 5.32 Å². The van der Waals surface area contributed by atoms with Crippen molar-refractivity contribution in [3.63, 3.8) is 0 Å². The summed E-state index contributed by atoms with van der Waals surface area (Å²) in [5.41, 5.74) is -0.873. The number of rotatable bonds is 5. The van der Waals surface area contributed by atoms with Crippen LogP contribution in [0.1, 0.15) is 29.3 Å². The molecular weight excluding hydrogens is 373 g/mol. The Bertz CT molecular complexity index is 776. The average molecular weight is 392 g/mol. The minimum absolute atomic E-state index is 0.00251. The van der Waals surface area contributed by atoms with Crippen molar-refractivity contribution in [2.24, 2.45) is 0 Å². The largest absolute Gasteiger partial charge is 0.416 e. The minimum Gasteiger partial charge on any atom is -0.343 e. The molecule has 1 N–H and O–H groups in total. The van der Waals surface area contributed by atoms with E-state index in [1.165, 1.54) is 4.90 Å². The fraction of sp³-hybridized carbons (Fsp3) is 0.500. The molecule has 1 aliphatic rings. The van der Waals surface area contributed by atoms with Crippen LogP contribution in [0.25, 0.3) is 0 Å². The molecule has 26 heavy (non-hydrogen) atoms. The van der Waals surface area contributed by atoms with Crippen molar-refractivity contribution in [1.82, 2.24) is 10.2 Å². The smallest absolute Gasteiger partial charge is 0.343 e. The highest BCUT2D eigenvalue weighted by Crippen LogP contribution is 2.29. The van der Waals surface area contributed by atoms with Crippen LogP contribution in [0, 0.1) is 0 Å². The van der Waals surface area contributed by atoms with Crippen molar-refractivity contribution in [1.29, 1.82) is 0 Å². The average Bonchev–Trinajstić information content (AvgIpc) is 2.92. The molecule has 2 amide bonds. The van der Waals surface area contributed by atoms with E-state index < -0.39 is 39.4 Å². The summed E-state index contributed by atoms with van der Waals surface area (Å²) in [6.45, 7) is 1.65. The molecule has 1 aromatic carbocycles. The van der Waals surface area contributed by atoms with Gasteiger partial charge in [0.2, 0.25) is 5.91 Å². The first-order valence-corrected chi connectivity index (χ1v) is 9.81. The summed E-state index contributed by atoms with van der Waals surface area (Å²) in [4.78, 5) is 25.6. The molecule has 0 saturated carbocycles. The number of amides is 2. The standard InChI is InChI=1S/C16H19F3N2O4S/c1-2-21(13-7-8-26(24,25)10-13)14(22)9-20-15(23)11-3-5-12(6-4-11)16(17,18)19/h3-6,13H,2,7-10H2,1H3,(H,20,23). The summed E-state index contributed by atoms with van der Waals surface area (Å²) >= 11 is 0. The van der Waals surface area contributed by atoms with Crippen molar-refractivity contribution < 1.29 is 31.2 Å². The van der Waals surface area contributed by atoms with Gasteiger partial charge >= 0.3 is 6.18 Å². The Hall–Kier alpha value is -2.10. The van der Waals surface area contributed by atoms with E-state index in [2.05, 4.69) is 5.32 Å². The fourth-order valence-electron chi connectivity index (χ4n) is 2.83. The molecular formula is C16H19F3N2O4S. The highest BCUT2D eigenvalue weighted by molar-refractivity contribution is 7.91. The normalized spacial score (nSPS) is 19.2. The summed E-state index contributed by atoms with van der Waals surface area (Å²) in [6, 6.07) is 3.23. The zero-order valence-corrected chi connectivity index (χ0v) is 14.9. The molecule has 1 heterocycles. The van der Waals surface area contributed by atoms with Gasteiger partial charge in [0, 0.05) is 18.2 Å². The summed E-state index contributed by atoms with van der Waals surface area (Å²) in [5.74, 6) is -1.18. The molecule has 6 nitrogen and oxygen atoms in total. The number of hydrogen-bond acceptors (Lipinski definition) is 4. The van der Waals surface area contributed by atoms with Crippen molar-refractivity contribution in [3.05, 3.63) is 35.4 Å². The van der Waals surface area contributed by atoms with E-state index in [1.807, 2.05) is 0 Å². The molecule has 0 aliphatic carbocycles. The van der Waals surface area contributed by atoms with Gasteiger partial charge in [0.05, 0.1) is 23.6 Å². The maximum absolute atomic E-state index is 12.5. The Labute approximate surface area is 149 Å². The van der Waals surface area contributed by atoms with Gasteiger partial charge < -0.3 is 10.2 Å².